The normalized spacial score (nSPS) is 11.6. The molecular weight excluding hydrogens is 244 g/mol. The number of nitroso groups, excluding NO2 is 1. The van der Waals surface area contributed by atoms with E-state index in [9.17, 15) is 9.70 Å². The van der Waals surface area contributed by atoms with Crippen LogP contribution in [0.4, 0.5) is 0 Å². The SMILES string of the molecule is COc1cccc(C(=O)C(N=O)c2ccncc2)c1. The third kappa shape index (κ3) is 2.82. The van der Waals surface area contributed by atoms with Gasteiger partial charge < -0.3 is 4.74 Å². The minimum Gasteiger partial charge on any atom is -0.497 e. The third-order valence-corrected chi connectivity index (χ3v) is 2.73. The predicted octanol–water partition coefficient (Wildman–Crippen LogP) is 2.78. The first-order valence-electron chi connectivity index (χ1n) is 5.67. The van der Waals surface area contributed by atoms with Crippen LogP contribution >= 0.6 is 0 Å². The van der Waals surface area contributed by atoms with E-state index in [2.05, 4.69) is 10.2 Å². The van der Waals surface area contributed by atoms with Crippen LogP contribution in [0.3, 0.4) is 0 Å². The Bertz CT molecular complexity index is 584. The van der Waals surface area contributed by atoms with E-state index in [0.29, 0.717) is 16.9 Å². The van der Waals surface area contributed by atoms with Crippen molar-refractivity contribution in [3.63, 3.8) is 0 Å². The number of Topliss-reactive ketones (excluding diaryl/α,β-unsaturated/α-hetero) is 1. The molecule has 0 radical (unpaired) electrons. The minimum atomic E-state index is -1.06. The summed E-state index contributed by atoms with van der Waals surface area (Å²) >= 11 is 0. The van der Waals surface area contributed by atoms with E-state index < -0.39 is 6.04 Å². The van der Waals surface area contributed by atoms with Gasteiger partial charge in [-0.25, -0.2) is 0 Å². The number of carbonyl (C=O) groups is 1. The summed E-state index contributed by atoms with van der Waals surface area (Å²) in [5.74, 6) is 0.199. The van der Waals surface area contributed by atoms with Gasteiger partial charge in [0.15, 0.2) is 11.8 Å². The Labute approximate surface area is 110 Å². The van der Waals surface area contributed by atoms with Crippen molar-refractivity contribution in [3.8, 4) is 5.75 Å². The molecule has 0 saturated carbocycles. The Morgan fingerprint density at radius 3 is 2.63 bits per heavy atom. The second kappa shape index (κ2) is 5.86. The number of hydrogen-bond donors (Lipinski definition) is 0. The van der Waals surface area contributed by atoms with Crippen LogP contribution in [0.2, 0.25) is 0 Å². The molecule has 1 aromatic carbocycles. The van der Waals surface area contributed by atoms with Gasteiger partial charge >= 0.3 is 0 Å². The van der Waals surface area contributed by atoms with Crippen LogP contribution in [-0.2, 0) is 0 Å². The number of nitrogens with zero attached hydrogens (tertiary/aromatic N) is 2. The highest BCUT2D eigenvalue weighted by Crippen LogP contribution is 2.23. The lowest BCUT2D eigenvalue weighted by molar-refractivity contribution is 0.0961. The van der Waals surface area contributed by atoms with Crippen molar-refractivity contribution in [1.29, 1.82) is 0 Å². The molecule has 1 atom stereocenters. The summed E-state index contributed by atoms with van der Waals surface area (Å²) in [5.41, 5.74) is 0.915. The number of benzene rings is 1. The Morgan fingerprint density at radius 1 is 1.26 bits per heavy atom. The maximum atomic E-state index is 12.3. The van der Waals surface area contributed by atoms with Crippen LogP contribution in [0, 0.1) is 4.91 Å². The van der Waals surface area contributed by atoms with Crippen molar-refractivity contribution < 1.29 is 9.53 Å². The summed E-state index contributed by atoms with van der Waals surface area (Å²) in [6, 6.07) is 8.78. The molecule has 2 aromatic rings. The quantitative estimate of drug-likeness (QED) is 0.609. The molecule has 0 aliphatic carbocycles. The zero-order valence-corrected chi connectivity index (χ0v) is 10.3. The van der Waals surface area contributed by atoms with Gasteiger partial charge in [-0.1, -0.05) is 17.3 Å². The number of hydrogen-bond acceptors (Lipinski definition) is 5. The molecule has 5 nitrogen and oxygen atoms in total. The fourth-order valence-electron chi connectivity index (χ4n) is 1.74. The first-order valence-corrected chi connectivity index (χ1v) is 5.67. The Morgan fingerprint density at radius 2 is 2.00 bits per heavy atom. The molecule has 0 saturated heterocycles. The summed E-state index contributed by atoms with van der Waals surface area (Å²) in [4.78, 5) is 27.1. The summed E-state index contributed by atoms with van der Waals surface area (Å²) in [6.45, 7) is 0. The van der Waals surface area contributed by atoms with Crippen molar-refractivity contribution in [3.05, 3.63) is 64.8 Å². The third-order valence-electron chi connectivity index (χ3n) is 2.73. The molecule has 19 heavy (non-hydrogen) atoms. The first-order chi connectivity index (χ1) is 9.26. The monoisotopic (exact) mass is 256 g/mol. The topological polar surface area (TPSA) is 68.6 Å². The van der Waals surface area contributed by atoms with E-state index >= 15 is 0 Å². The zero-order valence-electron chi connectivity index (χ0n) is 10.3. The Hall–Kier alpha value is -2.56. The largest absolute Gasteiger partial charge is 0.497 e. The maximum absolute atomic E-state index is 12.3. The standard InChI is InChI=1S/C14H12N2O3/c1-19-12-4-2-3-11(9-12)14(17)13(16-18)10-5-7-15-8-6-10/h2-9,13H,1H3. The lowest BCUT2D eigenvalue weighted by atomic mass is 9.99. The lowest BCUT2D eigenvalue weighted by Crippen LogP contribution is -2.10. The van der Waals surface area contributed by atoms with Gasteiger partial charge in [0.05, 0.1) is 7.11 Å². The molecule has 0 amide bonds. The Kier molecular flexibility index (Phi) is 3.97. The first kappa shape index (κ1) is 12.9. The molecule has 1 unspecified atom stereocenters. The minimum absolute atomic E-state index is 0.361. The van der Waals surface area contributed by atoms with Crippen molar-refractivity contribution in [2.45, 2.75) is 6.04 Å². The van der Waals surface area contributed by atoms with Gasteiger partial charge in [-0.15, -0.1) is 4.91 Å². The van der Waals surface area contributed by atoms with Crippen LogP contribution in [0.5, 0.6) is 5.75 Å². The van der Waals surface area contributed by atoms with E-state index in [4.69, 9.17) is 4.74 Å². The molecule has 96 valence electrons. The van der Waals surface area contributed by atoms with E-state index in [1.807, 2.05) is 0 Å². The maximum Gasteiger partial charge on any atom is 0.195 e. The molecule has 0 spiro atoms. The molecule has 5 heteroatoms. The van der Waals surface area contributed by atoms with Crippen LogP contribution in [0.15, 0.2) is 54.0 Å². The second-order valence-corrected chi connectivity index (χ2v) is 3.88. The van der Waals surface area contributed by atoms with Gasteiger partial charge in [0.2, 0.25) is 0 Å². The fourth-order valence-corrected chi connectivity index (χ4v) is 1.74. The van der Waals surface area contributed by atoms with E-state index in [-0.39, 0.29) is 5.78 Å². The summed E-state index contributed by atoms with van der Waals surface area (Å²) in [6.07, 6.45) is 3.04. The van der Waals surface area contributed by atoms with Crippen LogP contribution < -0.4 is 4.74 Å². The number of carbonyl (C=O) groups excluding carboxylic acids is 1. The number of methoxy groups -OCH3 is 1. The lowest BCUT2D eigenvalue weighted by Gasteiger charge is -2.09. The van der Waals surface area contributed by atoms with Gasteiger partial charge in [0.1, 0.15) is 5.75 Å². The van der Waals surface area contributed by atoms with Crippen molar-refractivity contribution in [2.24, 2.45) is 5.18 Å². The smallest absolute Gasteiger partial charge is 0.195 e. The molecule has 0 bridgehead atoms. The molecular formula is C14H12N2O3. The van der Waals surface area contributed by atoms with Gasteiger partial charge in [0, 0.05) is 18.0 Å². The number of pyridine rings is 1. The van der Waals surface area contributed by atoms with Crippen molar-refractivity contribution in [1.82, 2.24) is 4.98 Å². The van der Waals surface area contributed by atoms with Crippen molar-refractivity contribution >= 4 is 5.78 Å². The highest BCUT2D eigenvalue weighted by atomic mass is 16.5. The number of rotatable bonds is 5. The fraction of sp³-hybridized carbons (Fsp3) is 0.143. The highest BCUT2D eigenvalue weighted by molar-refractivity contribution is 6.01. The van der Waals surface area contributed by atoms with Gasteiger partial charge in [-0.3, -0.25) is 9.78 Å². The zero-order chi connectivity index (χ0) is 13.7. The van der Waals surface area contributed by atoms with E-state index in [1.165, 1.54) is 19.5 Å². The summed E-state index contributed by atoms with van der Waals surface area (Å²) in [7, 11) is 1.52. The Balaban J connectivity index is 2.33. The molecule has 0 aliphatic heterocycles. The van der Waals surface area contributed by atoms with Gasteiger partial charge in [-0.2, -0.15) is 0 Å². The molecule has 0 aliphatic rings. The molecule has 0 N–H and O–H groups in total. The van der Waals surface area contributed by atoms with Gasteiger partial charge in [0.25, 0.3) is 0 Å². The summed E-state index contributed by atoms with van der Waals surface area (Å²) in [5, 5.41) is 2.92. The second-order valence-electron chi connectivity index (χ2n) is 3.88. The number of aromatic nitrogens is 1. The van der Waals surface area contributed by atoms with Crippen LogP contribution in [0.1, 0.15) is 22.0 Å². The van der Waals surface area contributed by atoms with E-state index in [1.54, 1.807) is 36.4 Å². The molecule has 1 heterocycles. The average molecular weight is 256 g/mol. The highest BCUT2D eigenvalue weighted by Gasteiger charge is 2.23. The summed E-state index contributed by atoms with van der Waals surface area (Å²) < 4.78 is 5.05. The van der Waals surface area contributed by atoms with Gasteiger partial charge in [-0.05, 0) is 29.8 Å². The molecule has 1 aromatic heterocycles. The molecule has 0 fully saturated rings. The number of ether oxygens (including phenoxy) is 1. The van der Waals surface area contributed by atoms with Crippen molar-refractivity contribution in [2.75, 3.05) is 7.11 Å². The number of ketones is 1. The average Bonchev–Trinajstić information content (AvgIpc) is 2.49. The van der Waals surface area contributed by atoms with Crippen LogP contribution in [0.25, 0.3) is 0 Å². The molecule has 2 rings (SSSR count). The predicted molar refractivity (Wildman–Crippen MR) is 70.1 cm³/mol. The van der Waals surface area contributed by atoms with E-state index in [0.717, 1.165) is 0 Å². The van der Waals surface area contributed by atoms with Crippen LogP contribution in [-0.4, -0.2) is 17.9 Å².